The first kappa shape index (κ1) is 24.7. The molecule has 2 heterocycles. The van der Waals surface area contributed by atoms with Gasteiger partial charge in [-0.2, -0.15) is 0 Å². The van der Waals surface area contributed by atoms with Crippen LogP contribution in [0.15, 0.2) is 58.5 Å². The van der Waals surface area contributed by atoms with E-state index >= 15 is 0 Å². The number of anilines is 1. The van der Waals surface area contributed by atoms with E-state index in [1.165, 1.54) is 28.6 Å². The number of hydrogen-bond acceptors (Lipinski definition) is 5. The van der Waals surface area contributed by atoms with Gasteiger partial charge in [-0.05, 0) is 61.0 Å². The van der Waals surface area contributed by atoms with E-state index in [2.05, 4.69) is 10.6 Å². The zero-order valence-electron chi connectivity index (χ0n) is 19.5. The Morgan fingerprint density at radius 2 is 1.94 bits per heavy atom. The van der Waals surface area contributed by atoms with Crippen LogP contribution in [0, 0.1) is 12.7 Å². The molecule has 0 radical (unpaired) electrons. The third-order valence-corrected chi connectivity index (χ3v) is 6.99. The highest BCUT2D eigenvalue weighted by Crippen LogP contribution is 2.30. The van der Waals surface area contributed by atoms with Crippen molar-refractivity contribution in [1.82, 2.24) is 10.6 Å². The second kappa shape index (κ2) is 11.3. The molecule has 184 valence electrons. The van der Waals surface area contributed by atoms with Crippen LogP contribution in [-0.2, 0) is 9.59 Å². The zero-order valence-corrected chi connectivity index (χ0v) is 20.3. The van der Waals surface area contributed by atoms with E-state index in [9.17, 15) is 18.8 Å². The number of carbonyl (C=O) groups is 3. The fourth-order valence-corrected chi connectivity index (χ4v) is 4.89. The second-order valence-corrected chi connectivity index (χ2v) is 9.57. The van der Waals surface area contributed by atoms with Crippen LogP contribution in [0.2, 0.25) is 0 Å². The summed E-state index contributed by atoms with van der Waals surface area (Å²) in [6.07, 6.45) is 6.33. The van der Waals surface area contributed by atoms with Crippen LogP contribution in [0.25, 0.3) is 0 Å². The molecule has 1 aromatic carbocycles. The van der Waals surface area contributed by atoms with Crippen molar-refractivity contribution in [2.75, 3.05) is 11.4 Å². The number of thiophene rings is 1. The van der Waals surface area contributed by atoms with Gasteiger partial charge in [-0.25, -0.2) is 4.39 Å². The number of benzene rings is 1. The maximum atomic E-state index is 14.6. The lowest BCUT2D eigenvalue weighted by atomic mass is 9.95. The smallest absolute Gasteiger partial charge is 0.261 e. The summed E-state index contributed by atoms with van der Waals surface area (Å²) in [7, 11) is 0. The number of nitrogens with zero attached hydrogens (tertiary/aromatic N) is 1. The molecular weight excluding hydrogens is 469 g/mol. The van der Waals surface area contributed by atoms with E-state index < -0.39 is 29.6 Å². The maximum absolute atomic E-state index is 14.6. The summed E-state index contributed by atoms with van der Waals surface area (Å²) < 4.78 is 20.1. The molecule has 0 bridgehead atoms. The van der Waals surface area contributed by atoms with Crippen molar-refractivity contribution < 1.29 is 23.2 Å². The van der Waals surface area contributed by atoms with Crippen molar-refractivity contribution in [3.8, 4) is 0 Å². The topological polar surface area (TPSA) is 91.7 Å². The minimum absolute atomic E-state index is 0.000973. The third kappa shape index (κ3) is 5.97. The van der Waals surface area contributed by atoms with Gasteiger partial charge in [0, 0.05) is 11.7 Å². The number of furan rings is 1. The molecule has 1 aliphatic carbocycles. The molecule has 0 aliphatic heterocycles. The molecule has 35 heavy (non-hydrogen) atoms. The van der Waals surface area contributed by atoms with Gasteiger partial charge in [0.2, 0.25) is 5.91 Å². The van der Waals surface area contributed by atoms with E-state index in [4.69, 9.17) is 4.42 Å². The van der Waals surface area contributed by atoms with Gasteiger partial charge >= 0.3 is 0 Å². The lowest BCUT2D eigenvalue weighted by Crippen LogP contribution is -2.49. The van der Waals surface area contributed by atoms with Gasteiger partial charge in [0.05, 0.1) is 17.7 Å². The predicted molar refractivity (Wildman–Crippen MR) is 132 cm³/mol. The molecule has 0 spiro atoms. The van der Waals surface area contributed by atoms with Crippen LogP contribution >= 0.6 is 11.3 Å². The van der Waals surface area contributed by atoms with E-state index in [1.54, 1.807) is 48.7 Å². The Morgan fingerprint density at radius 3 is 2.60 bits per heavy atom. The Labute approximate surface area is 207 Å². The number of carbonyl (C=O) groups excluding carboxylic acids is 3. The Morgan fingerprint density at radius 1 is 1.14 bits per heavy atom. The Hall–Kier alpha value is -3.46. The molecular formula is C26H28FN3O4S. The summed E-state index contributed by atoms with van der Waals surface area (Å²) in [5.74, 6) is -1.64. The highest BCUT2D eigenvalue weighted by Gasteiger charge is 2.36. The van der Waals surface area contributed by atoms with Crippen LogP contribution in [0.5, 0.6) is 0 Å². The van der Waals surface area contributed by atoms with Gasteiger partial charge in [-0.1, -0.05) is 31.4 Å². The average Bonchev–Trinajstić information content (AvgIpc) is 3.58. The molecule has 4 rings (SSSR count). The summed E-state index contributed by atoms with van der Waals surface area (Å²) >= 11 is 1.25. The van der Waals surface area contributed by atoms with Gasteiger partial charge in [-0.3, -0.25) is 19.3 Å². The quantitative estimate of drug-likeness (QED) is 0.470. The molecule has 0 saturated heterocycles. The first-order valence-electron chi connectivity index (χ1n) is 11.7. The largest absolute Gasteiger partial charge is 0.467 e. The summed E-state index contributed by atoms with van der Waals surface area (Å²) in [5.41, 5.74) is 0.608. The molecule has 3 aromatic rings. The van der Waals surface area contributed by atoms with E-state index in [1.807, 2.05) is 0 Å². The van der Waals surface area contributed by atoms with Crippen molar-refractivity contribution in [2.45, 2.75) is 51.1 Å². The molecule has 0 unspecified atom stereocenters. The molecule has 2 N–H and O–H groups in total. The maximum Gasteiger partial charge on any atom is 0.261 e. The minimum atomic E-state index is -1.17. The fourth-order valence-electron chi connectivity index (χ4n) is 4.25. The molecule has 2 aromatic heterocycles. The average molecular weight is 498 g/mol. The molecule has 7 nitrogen and oxygen atoms in total. The highest BCUT2D eigenvalue weighted by molar-refractivity contribution is 7.12. The van der Waals surface area contributed by atoms with Crippen molar-refractivity contribution in [3.05, 3.63) is 76.1 Å². The summed E-state index contributed by atoms with van der Waals surface area (Å²) in [6.45, 7) is 1.24. The molecule has 1 aliphatic rings. The number of aryl methyl sites for hydroxylation is 1. The van der Waals surface area contributed by atoms with Crippen molar-refractivity contribution in [3.63, 3.8) is 0 Å². The number of rotatable bonds is 8. The lowest BCUT2D eigenvalue weighted by molar-refractivity contribution is -0.127. The number of halogens is 1. The molecule has 1 atom stereocenters. The zero-order chi connectivity index (χ0) is 24.8. The number of hydrogen-bond donors (Lipinski definition) is 2. The second-order valence-electron chi connectivity index (χ2n) is 8.62. The van der Waals surface area contributed by atoms with E-state index in [0.717, 1.165) is 32.1 Å². The van der Waals surface area contributed by atoms with Crippen molar-refractivity contribution >= 4 is 34.7 Å². The lowest BCUT2D eigenvalue weighted by Gasteiger charge is -2.32. The first-order valence-corrected chi connectivity index (χ1v) is 12.6. The van der Waals surface area contributed by atoms with Gasteiger partial charge in [0.25, 0.3) is 11.8 Å². The van der Waals surface area contributed by atoms with Crippen LogP contribution in [0.1, 0.15) is 59.1 Å². The Kier molecular flexibility index (Phi) is 7.97. The summed E-state index contributed by atoms with van der Waals surface area (Å²) in [5, 5.41) is 7.42. The van der Waals surface area contributed by atoms with Crippen molar-refractivity contribution in [1.29, 1.82) is 0 Å². The van der Waals surface area contributed by atoms with E-state index in [-0.39, 0.29) is 24.0 Å². The Bertz CT molecular complexity index is 1160. The van der Waals surface area contributed by atoms with E-state index in [0.29, 0.717) is 10.4 Å². The molecule has 1 fully saturated rings. The van der Waals surface area contributed by atoms with Crippen LogP contribution in [-0.4, -0.2) is 30.3 Å². The molecule has 9 heteroatoms. The fraction of sp³-hybridized carbons (Fsp3) is 0.346. The van der Waals surface area contributed by atoms with Crippen LogP contribution in [0.4, 0.5) is 10.1 Å². The normalized spacial score (nSPS) is 14.8. The predicted octanol–water partition coefficient (Wildman–Crippen LogP) is 4.74. The highest BCUT2D eigenvalue weighted by atomic mass is 32.1. The number of nitrogens with one attached hydrogen (secondary N) is 2. The van der Waals surface area contributed by atoms with Crippen LogP contribution < -0.4 is 15.5 Å². The van der Waals surface area contributed by atoms with Crippen LogP contribution in [0.3, 0.4) is 0 Å². The third-order valence-electron chi connectivity index (χ3n) is 6.12. The number of amides is 3. The minimum Gasteiger partial charge on any atom is -0.467 e. The summed E-state index contributed by atoms with van der Waals surface area (Å²) in [4.78, 5) is 41.2. The summed E-state index contributed by atoms with van der Waals surface area (Å²) in [6, 6.07) is 9.82. The van der Waals surface area contributed by atoms with Crippen molar-refractivity contribution in [2.24, 2.45) is 0 Å². The first-order chi connectivity index (χ1) is 16.9. The SMILES string of the molecule is Cc1ccc(N(C(=O)CNC(=O)c2cccs2)[C@H](C(=O)NC2CCCCC2)c2ccco2)cc1F. The van der Waals surface area contributed by atoms with Gasteiger partial charge in [-0.15, -0.1) is 11.3 Å². The molecule has 3 amide bonds. The monoisotopic (exact) mass is 497 g/mol. The standard InChI is InChI=1S/C26H28FN3O4S/c1-17-11-12-19(15-20(17)27)30(23(31)16-28-25(32)22-10-6-14-35-22)24(21-9-5-13-34-21)26(33)29-18-7-3-2-4-8-18/h5-6,9-15,18,24H,2-4,7-8,16H2,1H3,(H,28,32)(H,29,33)/t24-/m0/s1. The van der Waals surface area contributed by atoms with Gasteiger partial charge in [0.1, 0.15) is 11.6 Å². The van der Waals surface area contributed by atoms with Gasteiger partial charge in [0.15, 0.2) is 6.04 Å². The molecule has 1 saturated carbocycles. The van der Waals surface area contributed by atoms with Gasteiger partial charge < -0.3 is 15.1 Å². The Balaban J connectivity index is 1.65.